The molecule has 4 heteroatoms. The van der Waals surface area contributed by atoms with Crippen LogP contribution >= 0.6 is 0 Å². The number of aliphatic hydroxyl groups excluding tert-OH is 1. The van der Waals surface area contributed by atoms with Crippen LogP contribution < -0.4 is 11.1 Å². The van der Waals surface area contributed by atoms with Gasteiger partial charge in [0.15, 0.2) is 0 Å². The number of nitrogens with one attached hydrogen (secondary N) is 1. The van der Waals surface area contributed by atoms with Gasteiger partial charge in [-0.3, -0.25) is 4.79 Å². The summed E-state index contributed by atoms with van der Waals surface area (Å²) >= 11 is 0. The molecule has 0 spiro atoms. The molecule has 1 aliphatic rings. The van der Waals surface area contributed by atoms with Crippen molar-refractivity contribution in [3.8, 4) is 0 Å². The highest BCUT2D eigenvalue weighted by Gasteiger charge is 2.19. The zero-order valence-electron chi connectivity index (χ0n) is 9.41. The summed E-state index contributed by atoms with van der Waals surface area (Å²) in [5.74, 6) is 0.0522. The Morgan fingerprint density at radius 2 is 2.07 bits per heavy atom. The smallest absolute Gasteiger partial charge is 0.220 e. The fourth-order valence-corrected chi connectivity index (χ4v) is 1.90. The van der Waals surface area contributed by atoms with Gasteiger partial charge < -0.3 is 16.2 Å². The van der Waals surface area contributed by atoms with E-state index < -0.39 is 6.10 Å². The van der Waals surface area contributed by atoms with Crippen molar-refractivity contribution >= 4 is 5.91 Å². The van der Waals surface area contributed by atoms with E-state index in [1.807, 2.05) is 0 Å². The molecule has 0 aromatic heterocycles. The molecule has 1 unspecified atom stereocenters. The fraction of sp³-hybridized carbons (Fsp3) is 0.909. The first-order valence-electron chi connectivity index (χ1n) is 5.81. The highest BCUT2D eigenvalue weighted by molar-refractivity contribution is 5.76. The SMILES string of the molecule is CC(O)CCC(=O)NC1CCC(N)CC1. The zero-order valence-corrected chi connectivity index (χ0v) is 9.41. The summed E-state index contributed by atoms with van der Waals surface area (Å²) in [6, 6.07) is 0.613. The number of aliphatic hydroxyl groups is 1. The van der Waals surface area contributed by atoms with Gasteiger partial charge >= 0.3 is 0 Å². The Balaban J connectivity index is 2.15. The van der Waals surface area contributed by atoms with Crippen LogP contribution in [-0.2, 0) is 4.79 Å². The zero-order chi connectivity index (χ0) is 11.3. The Kier molecular flexibility index (Phi) is 5.05. The molecule has 1 atom stereocenters. The number of rotatable bonds is 4. The predicted molar refractivity (Wildman–Crippen MR) is 59.3 cm³/mol. The van der Waals surface area contributed by atoms with Gasteiger partial charge in [0.25, 0.3) is 0 Å². The Hall–Kier alpha value is -0.610. The molecule has 0 aliphatic heterocycles. The third kappa shape index (κ3) is 5.14. The maximum absolute atomic E-state index is 11.4. The first-order chi connectivity index (χ1) is 7.08. The van der Waals surface area contributed by atoms with Gasteiger partial charge in [0.1, 0.15) is 0 Å². The Morgan fingerprint density at radius 3 is 2.60 bits per heavy atom. The van der Waals surface area contributed by atoms with Crippen LogP contribution in [-0.4, -0.2) is 29.2 Å². The predicted octanol–water partition coefficient (Wildman–Crippen LogP) is 0.533. The lowest BCUT2D eigenvalue weighted by Crippen LogP contribution is -2.40. The molecule has 4 N–H and O–H groups in total. The maximum Gasteiger partial charge on any atom is 0.220 e. The van der Waals surface area contributed by atoms with Crippen molar-refractivity contribution in [2.24, 2.45) is 5.73 Å². The molecule has 1 rings (SSSR count). The molecule has 88 valence electrons. The van der Waals surface area contributed by atoms with Crippen molar-refractivity contribution in [3.63, 3.8) is 0 Å². The second kappa shape index (κ2) is 6.08. The van der Waals surface area contributed by atoms with Gasteiger partial charge in [-0.05, 0) is 39.0 Å². The molecule has 4 nitrogen and oxygen atoms in total. The van der Waals surface area contributed by atoms with Crippen molar-refractivity contribution in [1.29, 1.82) is 0 Å². The third-order valence-corrected chi connectivity index (χ3v) is 2.93. The quantitative estimate of drug-likeness (QED) is 0.639. The summed E-state index contributed by atoms with van der Waals surface area (Å²) in [5, 5.41) is 12.0. The summed E-state index contributed by atoms with van der Waals surface area (Å²) in [5.41, 5.74) is 5.78. The molecule has 0 bridgehead atoms. The second-order valence-corrected chi connectivity index (χ2v) is 4.57. The average Bonchev–Trinajstić information content (AvgIpc) is 2.19. The van der Waals surface area contributed by atoms with Gasteiger partial charge in [-0.15, -0.1) is 0 Å². The van der Waals surface area contributed by atoms with Crippen LogP contribution in [0.3, 0.4) is 0 Å². The maximum atomic E-state index is 11.4. The highest BCUT2D eigenvalue weighted by Crippen LogP contribution is 2.17. The summed E-state index contributed by atoms with van der Waals surface area (Å²) in [6.07, 6.45) is 4.54. The van der Waals surface area contributed by atoms with Crippen LogP contribution in [0.25, 0.3) is 0 Å². The van der Waals surface area contributed by atoms with E-state index in [0.29, 0.717) is 24.9 Å². The van der Waals surface area contributed by atoms with Crippen LogP contribution in [0, 0.1) is 0 Å². The molecule has 1 amide bonds. The standard InChI is InChI=1S/C11H22N2O2/c1-8(14)2-7-11(15)13-10-5-3-9(12)4-6-10/h8-10,14H,2-7,12H2,1H3,(H,13,15). The molecule has 1 fully saturated rings. The molecular weight excluding hydrogens is 192 g/mol. The third-order valence-electron chi connectivity index (χ3n) is 2.93. The van der Waals surface area contributed by atoms with E-state index in [1.165, 1.54) is 0 Å². The largest absolute Gasteiger partial charge is 0.393 e. The van der Waals surface area contributed by atoms with E-state index in [4.69, 9.17) is 10.8 Å². The fourth-order valence-electron chi connectivity index (χ4n) is 1.90. The van der Waals surface area contributed by atoms with Crippen molar-refractivity contribution in [1.82, 2.24) is 5.32 Å². The molecule has 1 saturated carbocycles. The summed E-state index contributed by atoms with van der Waals surface area (Å²) in [4.78, 5) is 11.4. The van der Waals surface area contributed by atoms with E-state index >= 15 is 0 Å². The Bertz CT molecular complexity index is 199. The molecule has 0 aromatic rings. The Labute approximate surface area is 91.2 Å². The van der Waals surface area contributed by atoms with Gasteiger partial charge in [0.2, 0.25) is 5.91 Å². The van der Waals surface area contributed by atoms with Crippen molar-refractivity contribution in [2.75, 3.05) is 0 Å². The number of hydrogen-bond acceptors (Lipinski definition) is 3. The summed E-state index contributed by atoms with van der Waals surface area (Å²) < 4.78 is 0. The monoisotopic (exact) mass is 214 g/mol. The number of carbonyl (C=O) groups is 1. The van der Waals surface area contributed by atoms with Crippen LogP contribution in [0.15, 0.2) is 0 Å². The lowest BCUT2D eigenvalue weighted by molar-refractivity contribution is -0.122. The number of carbonyl (C=O) groups excluding carboxylic acids is 1. The van der Waals surface area contributed by atoms with Crippen LogP contribution in [0.4, 0.5) is 0 Å². The molecule has 15 heavy (non-hydrogen) atoms. The molecule has 0 saturated heterocycles. The average molecular weight is 214 g/mol. The summed E-state index contributed by atoms with van der Waals surface area (Å²) in [7, 11) is 0. The molecule has 0 heterocycles. The van der Waals surface area contributed by atoms with Crippen LogP contribution in [0.5, 0.6) is 0 Å². The first kappa shape index (κ1) is 12.5. The van der Waals surface area contributed by atoms with E-state index in [2.05, 4.69) is 5.32 Å². The van der Waals surface area contributed by atoms with Crippen molar-refractivity contribution in [3.05, 3.63) is 0 Å². The van der Waals surface area contributed by atoms with E-state index in [0.717, 1.165) is 25.7 Å². The van der Waals surface area contributed by atoms with Crippen molar-refractivity contribution < 1.29 is 9.90 Å². The van der Waals surface area contributed by atoms with Gasteiger partial charge in [-0.2, -0.15) is 0 Å². The van der Waals surface area contributed by atoms with Crippen molar-refractivity contribution in [2.45, 2.75) is 63.6 Å². The number of amides is 1. The topological polar surface area (TPSA) is 75.3 Å². The summed E-state index contributed by atoms with van der Waals surface area (Å²) in [6.45, 7) is 1.70. The van der Waals surface area contributed by atoms with Gasteiger partial charge in [0.05, 0.1) is 6.10 Å². The lowest BCUT2D eigenvalue weighted by Gasteiger charge is -2.26. The molecule has 1 aliphatic carbocycles. The Morgan fingerprint density at radius 1 is 1.47 bits per heavy atom. The minimum absolute atomic E-state index is 0.0522. The molecular formula is C11H22N2O2. The molecule has 0 aromatic carbocycles. The van der Waals surface area contributed by atoms with Gasteiger partial charge in [-0.25, -0.2) is 0 Å². The van der Waals surface area contributed by atoms with Crippen LogP contribution in [0.1, 0.15) is 45.4 Å². The molecule has 0 radical (unpaired) electrons. The van der Waals surface area contributed by atoms with Crippen LogP contribution in [0.2, 0.25) is 0 Å². The van der Waals surface area contributed by atoms with E-state index in [1.54, 1.807) is 6.92 Å². The van der Waals surface area contributed by atoms with E-state index in [9.17, 15) is 4.79 Å². The van der Waals surface area contributed by atoms with E-state index in [-0.39, 0.29) is 5.91 Å². The van der Waals surface area contributed by atoms with Gasteiger partial charge in [0, 0.05) is 18.5 Å². The highest BCUT2D eigenvalue weighted by atomic mass is 16.3. The number of nitrogens with two attached hydrogens (primary N) is 1. The first-order valence-corrected chi connectivity index (χ1v) is 5.81. The van der Waals surface area contributed by atoms with Gasteiger partial charge in [-0.1, -0.05) is 0 Å². The minimum Gasteiger partial charge on any atom is -0.393 e. The lowest BCUT2D eigenvalue weighted by atomic mass is 9.92. The normalized spacial score (nSPS) is 28.5. The minimum atomic E-state index is -0.393. The second-order valence-electron chi connectivity index (χ2n) is 4.57. The number of hydrogen-bond donors (Lipinski definition) is 3.